The molecule has 0 unspecified atom stereocenters. The molecule has 0 saturated carbocycles. The van der Waals surface area contributed by atoms with Crippen molar-refractivity contribution in [2.24, 2.45) is 20.0 Å². The van der Waals surface area contributed by atoms with E-state index >= 15 is 0 Å². The summed E-state index contributed by atoms with van der Waals surface area (Å²) in [6.45, 7) is 1.08. The van der Waals surface area contributed by atoms with E-state index in [9.17, 15) is 4.79 Å². The van der Waals surface area contributed by atoms with E-state index in [0.717, 1.165) is 24.4 Å². The van der Waals surface area contributed by atoms with Gasteiger partial charge in [0.2, 0.25) is 5.91 Å². The highest BCUT2D eigenvalue weighted by molar-refractivity contribution is 6.29. The van der Waals surface area contributed by atoms with Gasteiger partial charge in [0.1, 0.15) is 17.1 Å². The summed E-state index contributed by atoms with van der Waals surface area (Å²) in [7, 11) is 5.50. The maximum atomic E-state index is 13.0. The van der Waals surface area contributed by atoms with Crippen molar-refractivity contribution < 1.29 is 9.53 Å². The minimum atomic E-state index is -0.258. The monoisotopic (exact) mass is 351 g/mol. The summed E-state index contributed by atoms with van der Waals surface area (Å²) in [4.78, 5) is 18.9. The van der Waals surface area contributed by atoms with Crippen molar-refractivity contribution in [3.05, 3.63) is 35.1 Å². The van der Waals surface area contributed by atoms with E-state index < -0.39 is 0 Å². The molecule has 0 spiro atoms. The lowest BCUT2D eigenvalue weighted by atomic mass is 9.90. The fourth-order valence-corrected chi connectivity index (χ4v) is 3.28. The Morgan fingerprint density at radius 2 is 2.29 bits per heavy atom. The lowest BCUT2D eigenvalue weighted by molar-refractivity contribution is -0.145. The van der Waals surface area contributed by atoms with Crippen LogP contribution < -0.4 is 0 Å². The molecule has 0 N–H and O–H groups in total. The maximum Gasteiger partial charge on any atom is 0.228 e. The van der Waals surface area contributed by atoms with Gasteiger partial charge in [0, 0.05) is 33.9 Å². The Balaban J connectivity index is 1.76. The highest BCUT2D eigenvalue weighted by Crippen LogP contribution is 2.34. The Kier molecular flexibility index (Phi) is 4.91. The number of nitrogens with zero attached hydrogens (tertiary/aromatic N) is 5. The molecule has 3 heterocycles. The van der Waals surface area contributed by atoms with Crippen molar-refractivity contribution in [2.75, 3.05) is 13.7 Å². The summed E-state index contributed by atoms with van der Waals surface area (Å²) in [6.07, 6.45) is 4.75. The second kappa shape index (κ2) is 6.94. The van der Waals surface area contributed by atoms with Gasteiger partial charge in [0.05, 0.1) is 24.4 Å². The fourth-order valence-electron chi connectivity index (χ4n) is 3.13. The number of carbonyl (C=O) groups excluding carboxylic acids is 1. The van der Waals surface area contributed by atoms with Crippen LogP contribution in [0, 0.1) is 5.92 Å². The first kappa shape index (κ1) is 17.0. The first-order valence-corrected chi connectivity index (χ1v) is 8.37. The van der Waals surface area contributed by atoms with E-state index in [1.807, 2.05) is 20.2 Å². The highest BCUT2D eigenvalue weighted by Gasteiger charge is 2.36. The van der Waals surface area contributed by atoms with Gasteiger partial charge in [-0.25, -0.2) is 4.98 Å². The number of ether oxygens (including phenoxy) is 1. The molecule has 7 nitrogen and oxygen atoms in total. The third kappa shape index (κ3) is 3.18. The predicted octanol–water partition coefficient (Wildman–Crippen LogP) is 1.93. The van der Waals surface area contributed by atoms with E-state index in [0.29, 0.717) is 18.3 Å². The Bertz CT molecular complexity index is 726. The lowest BCUT2D eigenvalue weighted by Crippen LogP contribution is -2.39. The van der Waals surface area contributed by atoms with Gasteiger partial charge in [-0.1, -0.05) is 11.6 Å². The van der Waals surface area contributed by atoms with Gasteiger partial charge >= 0.3 is 0 Å². The molecule has 8 heteroatoms. The average molecular weight is 352 g/mol. The molecule has 1 aliphatic rings. The summed E-state index contributed by atoms with van der Waals surface area (Å²) in [6, 6.07) is 1.91. The van der Waals surface area contributed by atoms with Crippen molar-refractivity contribution in [1.82, 2.24) is 24.2 Å². The maximum absolute atomic E-state index is 13.0. The smallest absolute Gasteiger partial charge is 0.228 e. The molecule has 2 aromatic heterocycles. The highest BCUT2D eigenvalue weighted by atomic mass is 35.5. The van der Waals surface area contributed by atoms with Crippen molar-refractivity contribution in [3.63, 3.8) is 0 Å². The van der Waals surface area contributed by atoms with Crippen LogP contribution in [0.3, 0.4) is 0 Å². The molecule has 2 aromatic rings. The van der Waals surface area contributed by atoms with Crippen molar-refractivity contribution in [3.8, 4) is 0 Å². The zero-order valence-electron chi connectivity index (χ0n) is 14.1. The van der Waals surface area contributed by atoms with Gasteiger partial charge in [0.25, 0.3) is 0 Å². The number of carbonyl (C=O) groups is 1. The summed E-state index contributed by atoms with van der Waals surface area (Å²) >= 11 is 6.02. The molecule has 0 bridgehead atoms. The Morgan fingerprint density at radius 1 is 1.50 bits per heavy atom. The van der Waals surface area contributed by atoms with E-state index in [-0.39, 0.29) is 17.9 Å². The van der Waals surface area contributed by atoms with Crippen LogP contribution >= 0.6 is 11.6 Å². The predicted molar refractivity (Wildman–Crippen MR) is 89.3 cm³/mol. The quantitative estimate of drug-likeness (QED) is 0.844. The SMILES string of the molecule is CN(Cc1ncc(Cl)n1C)C(=O)[C@@H]1CCCO[C@H]1c1ccnn1C. The van der Waals surface area contributed by atoms with Crippen molar-refractivity contribution in [1.29, 1.82) is 0 Å². The zero-order chi connectivity index (χ0) is 17.3. The van der Waals surface area contributed by atoms with E-state index in [1.54, 1.807) is 33.6 Å². The van der Waals surface area contributed by atoms with E-state index in [2.05, 4.69) is 10.1 Å². The van der Waals surface area contributed by atoms with Gasteiger partial charge in [-0.05, 0) is 18.9 Å². The van der Waals surface area contributed by atoms with Gasteiger partial charge < -0.3 is 14.2 Å². The Morgan fingerprint density at radius 3 is 2.92 bits per heavy atom. The van der Waals surface area contributed by atoms with Crippen LogP contribution in [0.15, 0.2) is 18.5 Å². The van der Waals surface area contributed by atoms with Crippen LogP contribution in [0.25, 0.3) is 0 Å². The molecule has 3 rings (SSSR count). The molecular formula is C16H22ClN5O2. The van der Waals surface area contributed by atoms with E-state index in [1.165, 1.54) is 0 Å². The number of aromatic nitrogens is 4. The number of aryl methyl sites for hydroxylation is 1. The largest absolute Gasteiger partial charge is 0.371 e. The first-order chi connectivity index (χ1) is 11.5. The molecule has 1 amide bonds. The molecule has 2 atom stereocenters. The normalized spacial score (nSPS) is 21.0. The first-order valence-electron chi connectivity index (χ1n) is 7.99. The Hall–Kier alpha value is -1.86. The minimum absolute atomic E-state index is 0.0556. The van der Waals surface area contributed by atoms with Crippen LogP contribution in [-0.4, -0.2) is 43.8 Å². The van der Waals surface area contributed by atoms with Gasteiger partial charge in [-0.2, -0.15) is 5.10 Å². The van der Waals surface area contributed by atoms with Crippen molar-refractivity contribution >= 4 is 17.5 Å². The number of hydrogen-bond donors (Lipinski definition) is 0. The van der Waals surface area contributed by atoms with Crippen LogP contribution in [0.5, 0.6) is 0 Å². The second-order valence-electron chi connectivity index (χ2n) is 6.17. The van der Waals surface area contributed by atoms with Crippen LogP contribution in [0.4, 0.5) is 0 Å². The standard InChI is InChI=1S/C16H22ClN5O2/c1-20(10-14-18-9-13(17)21(14)2)16(23)11-5-4-8-24-15(11)12-6-7-19-22(12)3/h6-7,9,11,15H,4-5,8,10H2,1-3H3/t11-,15-/m1/s1. The molecule has 0 aromatic carbocycles. The molecule has 0 aliphatic carbocycles. The molecule has 1 saturated heterocycles. The summed E-state index contributed by atoms with van der Waals surface area (Å²) in [5.74, 6) is 0.597. The van der Waals surface area contributed by atoms with Gasteiger partial charge in [-0.3, -0.25) is 9.48 Å². The molecule has 0 radical (unpaired) electrons. The number of rotatable bonds is 4. The lowest BCUT2D eigenvalue weighted by Gasteiger charge is -2.33. The minimum Gasteiger partial charge on any atom is -0.371 e. The molecular weight excluding hydrogens is 330 g/mol. The zero-order valence-corrected chi connectivity index (χ0v) is 14.9. The van der Waals surface area contributed by atoms with Crippen molar-refractivity contribution in [2.45, 2.75) is 25.5 Å². The molecule has 130 valence electrons. The summed E-state index contributed by atoms with van der Waals surface area (Å²) in [5, 5.41) is 4.75. The number of halogens is 1. The average Bonchev–Trinajstić information content (AvgIpc) is 3.14. The fraction of sp³-hybridized carbons (Fsp3) is 0.562. The molecule has 1 fully saturated rings. The van der Waals surface area contributed by atoms with Gasteiger partial charge in [-0.15, -0.1) is 0 Å². The van der Waals surface area contributed by atoms with Gasteiger partial charge in [0.15, 0.2) is 0 Å². The van der Waals surface area contributed by atoms with Crippen LogP contribution in [0.1, 0.15) is 30.5 Å². The second-order valence-corrected chi connectivity index (χ2v) is 6.56. The number of amides is 1. The molecule has 1 aliphatic heterocycles. The molecule has 24 heavy (non-hydrogen) atoms. The third-order valence-corrected chi connectivity index (χ3v) is 4.92. The van der Waals surface area contributed by atoms with E-state index in [4.69, 9.17) is 16.3 Å². The summed E-state index contributed by atoms with van der Waals surface area (Å²) in [5.41, 5.74) is 0.932. The van der Waals surface area contributed by atoms with Crippen LogP contribution in [0.2, 0.25) is 5.15 Å². The van der Waals surface area contributed by atoms with Crippen LogP contribution in [-0.2, 0) is 30.2 Å². The topological polar surface area (TPSA) is 65.2 Å². The number of hydrogen-bond acceptors (Lipinski definition) is 4. The Labute approximate surface area is 146 Å². The summed E-state index contributed by atoms with van der Waals surface area (Å²) < 4.78 is 9.47. The third-order valence-electron chi connectivity index (χ3n) is 4.57. The number of imidazole rings is 1.